The van der Waals surface area contributed by atoms with Crippen LogP contribution in [-0.2, 0) is 35.5 Å². The van der Waals surface area contributed by atoms with E-state index in [0.717, 1.165) is 48.3 Å². The van der Waals surface area contributed by atoms with Gasteiger partial charge in [-0.1, -0.05) is 133 Å². The Morgan fingerprint density at radius 2 is 0.808 bits per heavy atom. The van der Waals surface area contributed by atoms with Crippen LogP contribution in [-0.4, -0.2) is 11.2 Å². The molecule has 262 valence electrons. The molecule has 6 aromatic carbocycles. The highest BCUT2D eigenvalue weighted by molar-refractivity contribution is 5.81. The third-order valence-corrected chi connectivity index (χ3v) is 10.5. The van der Waals surface area contributed by atoms with Crippen molar-refractivity contribution in [2.24, 2.45) is 0 Å². The molecule has 0 aliphatic heterocycles. The van der Waals surface area contributed by atoms with Gasteiger partial charge in [-0.15, -0.1) is 0 Å². The van der Waals surface area contributed by atoms with Gasteiger partial charge in [0.05, 0.1) is 0 Å². The predicted molar refractivity (Wildman–Crippen MR) is 209 cm³/mol. The zero-order chi connectivity index (χ0) is 35.7. The van der Waals surface area contributed by atoms with Crippen LogP contribution in [0.3, 0.4) is 0 Å². The van der Waals surface area contributed by atoms with E-state index >= 15 is 0 Å². The Balaban J connectivity index is 0.976. The van der Waals surface area contributed by atoms with Crippen LogP contribution < -0.4 is 9.78 Å². The van der Waals surface area contributed by atoms with E-state index in [1.807, 2.05) is 0 Å². The fourth-order valence-corrected chi connectivity index (χ4v) is 7.58. The van der Waals surface area contributed by atoms with Crippen LogP contribution in [0.5, 0.6) is 11.5 Å². The number of hydrogen-bond acceptors (Lipinski definition) is 4. The van der Waals surface area contributed by atoms with Crippen molar-refractivity contribution in [3.05, 3.63) is 178 Å². The Bertz CT molecular complexity index is 2040. The number of rotatable bonds is 13. The first-order chi connectivity index (χ1) is 25.2. The second-order valence-corrected chi connectivity index (χ2v) is 15.5. The molecular weight excluding hydrogens is 641 g/mol. The predicted octanol–water partition coefficient (Wildman–Crippen LogP) is 11.7. The van der Waals surface area contributed by atoms with Gasteiger partial charge in [-0.2, -0.15) is 9.78 Å². The smallest absolute Gasteiger partial charge is 0.173 e. The molecule has 0 saturated heterocycles. The van der Waals surface area contributed by atoms with E-state index in [4.69, 9.17) is 19.6 Å². The van der Waals surface area contributed by atoms with Gasteiger partial charge in [0.1, 0.15) is 11.2 Å². The van der Waals surface area contributed by atoms with Gasteiger partial charge >= 0.3 is 0 Å². The number of hydrogen-bond donors (Lipinski definition) is 0. The van der Waals surface area contributed by atoms with Gasteiger partial charge < -0.3 is 9.78 Å². The summed E-state index contributed by atoms with van der Waals surface area (Å²) in [6.45, 7) is 8.33. The summed E-state index contributed by atoms with van der Waals surface area (Å²) >= 11 is 0. The first-order valence-corrected chi connectivity index (χ1v) is 18.5. The third-order valence-electron chi connectivity index (χ3n) is 10.5. The summed E-state index contributed by atoms with van der Waals surface area (Å²) < 4.78 is 0. The molecule has 0 bridgehead atoms. The largest absolute Gasteiger partial charge is 0.336 e. The summed E-state index contributed by atoms with van der Waals surface area (Å²) in [5.74, 6) is 1.66. The molecule has 0 atom stereocenters. The fraction of sp³-hybridized carbons (Fsp3) is 0.250. The minimum absolute atomic E-state index is 0.590. The van der Waals surface area contributed by atoms with Gasteiger partial charge in [0, 0.05) is 47.9 Å². The van der Waals surface area contributed by atoms with Gasteiger partial charge in [-0.3, -0.25) is 0 Å². The van der Waals surface area contributed by atoms with Crippen molar-refractivity contribution in [2.75, 3.05) is 0 Å². The summed E-state index contributed by atoms with van der Waals surface area (Å²) in [5.41, 5.74) is 13.5. The lowest BCUT2D eigenvalue weighted by molar-refractivity contribution is -0.302. The van der Waals surface area contributed by atoms with Crippen molar-refractivity contribution < 1.29 is 19.6 Å². The highest BCUT2D eigenvalue weighted by Crippen LogP contribution is 2.45. The van der Waals surface area contributed by atoms with Crippen LogP contribution in [0.2, 0.25) is 0 Å². The van der Waals surface area contributed by atoms with E-state index in [-0.39, 0.29) is 0 Å². The van der Waals surface area contributed by atoms with Gasteiger partial charge in [0.25, 0.3) is 0 Å². The SMILES string of the molecule is CC(C)(CCC(C)(C)OOc1c(Cc2ccccc2)ccc2c1Cc1ccccc1-2)OOc1c(Cc2ccccc2)ccc2c1Cc1ccccc1-2. The van der Waals surface area contributed by atoms with E-state index in [1.54, 1.807) is 0 Å². The zero-order valence-electron chi connectivity index (χ0n) is 30.6. The van der Waals surface area contributed by atoms with Gasteiger partial charge in [-0.05, 0) is 85.0 Å². The topological polar surface area (TPSA) is 36.9 Å². The zero-order valence-corrected chi connectivity index (χ0v) is 30.6. The number of benzene rings is 6. The molecule has 0 spiro atoms. The standard InChI is InChI=1S/C48H46O4/c1-47(2,51-49-45-37(29-33-15-7-5-8-16-33)23-25-41-39-21-13-11-19-35(39)31-43(41)45)27-28-48(3,4)52-50-46-38(30-34-17-9-6-10-18-34)24-26-42-40-22-14-12-20-36(40)32-44(42)46/h5-26H,27-32H2,1-4H3. The summed E-state index contributed by atoms with van der Waals surface area (Å²) in [5, 5.41) is 0. The monoisotopic (exact) mass is 686 g/mol. The normalized spacial score (nSPS) is 12.9. The molecule has 0 radical (unpaired) electrons. The highest BCUT2D eigenvalue weighted by Gasteiger charge is 2.32. The molecule has 0 unspecified atom stereocenters. The van der Waals surface area contributed by atoms with E-state index in [1.165, 1.54) is 55.6 Å². The second kappa shape index (κ2) is 14.1. The van der Waals surface area contributed by atoms with Crippen LogP contribution in [0.15, 0.2) is 133 Å². The molecule has 2 aliphatic rings. The molecular formula is C48H46O4. The first kappa shape index (κ1) is 34.0. The lowest BCUT2D eigenvalue weighted by Crippen LogP contribution is -2.33. The first-order valence-electron chi connectivity index (χ1n) is 18.5. The fourth-order valence-electron chi connectivity index (χ4n) is 7.58. The Morgan fingerprint density at radius 3 is 1.23 bits per heavy atom. The van der Waals surface area contributed by atoms with E-state index in [2.05, 4.69) is 161 Å². The lowest BCUT2D eigenvalue weighted by Gasteiger charge is -2.30. The van der Waals surface area contributed by atoms with E-state index < -0.39 is 11.2 Å². The molecule has 4 heteroatoms. The van der Waals surface area contributed by atoms with Crippen molar-refractivity contribution in [3.8, 4) is 33.8 Å². The Labute approximate surface area is 307 Å². The summed E-state index contributed by atoms with van der Waals surface area (Å²) in [7, 11) is 0. The molecule has 8 rings (SSSR count). The maximum Gasteiger partial charge on any atom is 0.173 e. The van der Waals surface area contributed by atoms with Crippen molar-refractivity contribution in [2.45, 2.75) is 77.4 Å². The maximum atomic E-state index is 6.42. The van der Waals surface area contributed by atoms with Crippen molar-refractivity contribution in [3.63, 3.8) is 0 Å². The summed E-state index contributed by atoms with van der Waals surface area (Å²) in [6.07, 6.45) is 4.58. The molecule has 4 nitrogen and oxygen atoms in total. The van der Waals surface area contributed by atoms with Crippen LogP contribution in [0.1, 0.15) is 85.0 Å². The van der Waals surface area contributed by atoms with Crippen molar-refractivity contribution >= 4 is 0 Å². The average molecular weight is 687 g/mol. The van der Waals surface area contributed by atoms with E-state index in [0.29, 0.717) is 12.8 Å². The molecule has 6 aromatic rings. The Kier molecular flexibility index (Phi) is 9.21. The summed E-state index contributed by atoms with van der Waals surface area (Å²) in [6, 6.07) is 47.2. The molecule has 0 fully saturated rings. The third kappa shape index (κ3) is 7.14. The van der Waals surface area contributed by atoms with Gasteiger partial charge in [-0.25, -0.2) is 0 Å². The quantitative estimate of drug-likeness (QED) is 0.0894. The van der Waals surface area contributed by atoms with E-state index in [9.17, 15) is 0 Å². The second-order valence-electron chi connectivity index (χ2n) is 15.5. The molecule has 52 heavy (non-hydrogen) atoms. The van der Waals surface area contributed by atoms with Crippen molar-refractivity contribution in [1.29, 1.82) is 0 Å². The van der Waals surface area contributed by atoms with Gasteiger partial charge in [0.15, 0.2) is 11.5 Å². The van der Waals surface area contributed by atoms with Crippen LogP contribution >= 0.6 is 0 Å². The van der Waals surface area contributed by atoms with Crippen LogP contribution in [0.25, 0.3) is 22.3 Å². The molecule has 0 N–H and O–H groups in total. The van der Waals surface area contributed by atoms with Crippen LogP contribution in [0, 0.1) is 0 Å². The molecule has 0 aromatic heterocycles. The highest BCUT2D eigenvalue weighted by atomic mass is 17.2. The molecule has 0 amide bonds. The van der Waals surface area contributed by atoms with Crippen molar-refractivity contribution in [1.82, 2.24) is 0 Å². The van der Waals surface area contributed by atoms with Gasteiger partial charge in [0.2, 0.25) is 0 Å². The minimum Gasteiger partial charge on any atom is -0.336 e. The molecule has 0 saturated carbocycles. The Morgan fingerprint density at radius 1 is 0.423 bits per heavy atom. The summed E-state index contributed by atoms with van der Waals surface area (Å²) in [4.78, 5) is 25.6. The lowest BCUT2D eigenvalue weighted by atomic mass is 9.94. The molecule has 2 aliphatic carbocycles. The average Bonchev–Trinajstić information content (AvgIpc) is 3.73. The maximum absolute atomic E-state index is 6.42. The Hall–Kier alpha value is -5.16. The van der Waals surface area contributed by atoms with Crippen LogP contribution in [0.4, 0.5) is 0 Å². The molecule has 0 heterocycles. The number of fused-ring (bicyclic) bond motifs is 6. The minimum atomic E-state index is -0.590.